The van der Waals surface area contributed by atoms with Crippen LogP contribution >= 0.6 is 15.9 Å². The quantitative estimate of drug-likeness (QED) is 0.659. The molecule has 0 heterocycles. The highest BCUT2D eigenvalue weighted by atomic mass is 79.9. The van der Waals surface area contributed by atoms with E-state index in [4.69, 9.17) is 0 Å². The maximum absolute atomic E-state index is 3.44. The average Bonchev–Trinajstić information content (AvgIpc) is 1.87. The van der Waals surface area contributed by atoms with Crippen LogP contribution in [0.1, 0.15) is 40.5 Å². The highest BCUT2D eigenvalue weighted by Crippen LogP contribution is 2.20. The van der Waals surface area contributed by atoms with E-state index < -0.39 is 0 Å². The molecule has 0 aliphatic heterocycles. The van der Waals surface area contributed by atoms with Crippen LogP contribution < -0.4 is 0 Å². The molecule has 1 atom stereocenters. The van der Waals surface area contributed by atoms with Gasteiger partial charge in [-0.2, -0.15) is 0 Å². The minimum atomic E-state index is 0.808. The third-order valence-electron chi connectivity index (χ3n) is 2.17. The fourth-order valence-electron chi connectivity index (χ4n) is 1.22. The Bertz CT molecular complexity index is 121. The fraction of sp³-hybridized carbons (Fsp3) is 0.800. The number of allylic oxidation sites excluding steroid dienone is 2. The summed E-state index contributed by atoms with van der Waals surface area (Å²) in [6.45, 7) is 8.95. The Labute approximate surface area is 79.2 Å². The van der Waals surface area contributed by atoms with E-state index in [0.717, 1.165) is 11.8 Å². The molecule has 0 unspecified atom stereocenters. The van der Waals surface area contributed by atoms with Crippen molar-refractivity contribution in [2.75, 3.05) is 0 Å². The van der Waals surface area contributed by atoms with Gasteiger partial charge in [-0.05, 0) is 29.7 Å². The lowest BCUT2D eigenvalue weighted by Crippen LogP contribution is -2.05. The van der Waals surface area contributed by atoms with Gasteiger partial charge in [0, 0.05) is 0 Å². The van der Waals surface area contributed by atoms with Gasteiger partial charge in [0.25, 0.3) is 0 Å². The summed E-state index contributed by atoms with van der Waals surface area (Å²) in [5.74, 6) is 1.66. The first kappa shape index (κ1) is 11.2. The zero-order chi connectivity index (χ0) is 8.85. The lowest BCUT2D eigenvalue weighted by Gasteiger charge is -2.16. The number of hydrogen-bond donors (Lipinski definition) is 0. The molecule has 0 amide bonds. The van der Waals surface area contributed by atoms with Crippen LogP contribution in [0.25, 0.3) is 0 Å². The second kappa shape index (κ2) is 5.82. The van der Waals surface area contributed by atoms with Crippen LogP contribution in [-0.2, 0) is 0 Å². The van der Waals surface area contributed by atoms with Crippen LogP contribution in [0.5, 0.6) is 0 Å². The molecule has 0 bridgehead atoms. The van der Waals surface area contributed by atoms with Crippen molar-refractivity contribution in [1.29, 1.82) is 0 Å². The second-order valence-electron chi connectivity index (χ2n) is 3.44. The molecule has 0 saturated carbocycles. The number of rotatable bonds is 4. The summed E-state index contributed by atoms with van der Waals surface area (Å²) in [4.78, 5) is 0. The van der Waals surface area contributed by atoms with Crippen LogP contribution in [0.2, 0.25) is 0 Å². The predicted molar refractivity (Wildman–Crippen MR) is 55.9 cm³/mol. The SMILES string of the molecule is CC[C@@H](C/C=C(\C)Br)C(C)C. The molecule has 0 spiro atoms. The van der Waals surface area contributed by atoms with E-state index >= 15 is 0 Å². The van der Waals surface area contributed by atoms with Crippen molar-refractivity contribution in [1.82, 2.24) is 0 Å². The molecule has 0 nitrogen and oxygen atoms in total. The average molecular weight is 219 g/mol. The normalized spacial score (nSPS) is 15.6. The summed E-state index contributed by atoms with van der Waals surface area (Å²) in [7, 11) is 0. The minimum absolute atomic E-state index is 0.808. The van der Waals surface area contributed by atoms with Crippen molar-refractivity contribution >= 4 is 15.9 Å². The maximum atomic E-state index is 3.44. The monoisotopic (exact) mass is 218 g/mol. The first-order valence-electron chi connectivity index (χ1n) is 4.40. The van der Waals surface area contributed by atoms with Gasteiger partial charge in [-0.3, -0.25) is 0 Å². The summed E-state index contributed by atoms with van der Waals surface area (Å²) < 4.78 is 1.26. The number of halogens is 1. The van der Waals surface area contributed by atoms with Gasteiger partial charge in [0.05, 0.1) is 0 Å². The third-order valence-corrected chi connectivity index (χ3v) is 2.49. The first-order valence-corrected chi connectivity index (χ1v) is 5.19. The molecular weight excluding hydrogens is 200 g/mol. The molecule has 0 fully saturated rings. The molecule has 0 saturated heterocycles. The van der Waals surface area contributed by atoms with Gasteiger partial charge in [0.2, 0.25) is 0 Å². The van der Waals surface area contributed by atoms with E-state index in [1.54, 1.807) is 0 Å². The van der Waals surface area contributed by atoms with Crippen molar-refractivity contribution in [3.63, 3.8) is 0 Å². The molecule has 0 rings (SSSR count). The van der Waals surface area contributed by atoms with Crippen molar-refractivity contribution < 1.29 is 0 Å². The van der Waals surface area contributed by atoms with Crippen molar-refractivity contribution in [3.8, 4) is 0 Å². The zero-order valence-electron chi connectivity index (χ0n) is 8.02. The van der Waals surface area contributed by atoms with Gasteiger partial charge >= 0.3 is 0 Å². The second-order valence-corrected chi connectivity index (χ2v) is 4.69. The Kier molecular flexibility index (Phi) is 5.93. The van der Waals surface area contributed by atoms with Crippen LogP contribution in [0.15, 0.2) is 10.6 Å². The summed E-state index contributed by atoms with van der Waals surface area (Å²) in [6, 6.07) is 0. The Morgan fingerprint density at radius 1 is 1.45 bits per heavy atom. The molecule has 1 heteroatoms. The van der Waals surface area contributed by atoms with Crippen LogP contribution in [0, 0.1) is 11.8 Å². The van der Waals surface area contributed by atoms with E-state index in [1.807, 2.05) is 0 Å². The zero-order valence-corrected chi connectivity index (χ0v) is 9.61. The van der Waals surface area contributed by atoms with Gasteiger partial charge in [-0.1, -0.05) is 49.2 Å². The highest BCUT2D eigenvalue weighted by Gasteiger charge is 2.08. The van der Waals surface area contributed by atoms with E-state index in [1.165, 1.54) is 17.3 Å². The van der Waals surface area contributed by atoms with E-state index in [2.05, 4.69) is 49.7 Å². The van der Waals surface area contributed by atoms with Gasteiger partial charge in [-0.15, -0.1) is 0 Å². The topological polar surface area (TPSA) is 0 Å². The van der Waals surface area contributed by atoms with Crippen molar-refractivity contribution in [2.45, 2.75) is 40.5 Å². The third kappa shape index (κ3) is 5.49. The molecule has 0 aromatic rings. The molecule has 0 aliphatic carbocycles. The largest absolute Gasteiger partial charge is 0.0744 e. The van der Waals surface area contributed by atoms with Crippen molar-refractivity contribution in [3.05, 3.63) is 10.6 Å². The van der Waals surface area contributed by atoms with E-state index in [0.29, 0.717) is 0 Å². The van der Waals surface area contributed by atoms with Gasteiger partial charge in [-0.25, -0.2) is 0 Å². The minimum Gasteiger partial charge on any atom is -0.0744 e. The highest BCUT2D eigenvalue weighted by molar-refractivity contribution is 9.11. The lowest BCUT2D eigenvalue weighted by molar-refractivity contribution is 0.377. The molecule has 0 aliphatic rings. The molecule has 0 N–H and O–H groups in total. The summed E-state index contributed by atoms with van der Waals surface area (Å²) in [5.41, 5.74) is 0. The molecule has 0 radical (unpaired) electrons. The summed E-state index contributed by atoms with van der Waals surface area (Å²) in [6.07, 6.45) is 4.77. The van der Waals surface area contributed by atoms with Crippen molar-refractivity contribution in [2.24, 2.45) is 11.8 Å². The van der Waals surface area contributed by atoms with Crippen LogP contribution in [0.4, 0.5) is 0 Å². The Hall–Kier alpha value is 0.220. The molecule has 0 aromatic carbocycles. The van der Waals surface area contributed by atoms with Gasteiger partial charge in [0.15, 0.2) is 0 Å². The van der Waals surface area contributed by atoms with Crippen LogP contribution in [0.3, 0.4) is 0 Å². The smallest absolute Gasteiger partial charge is 0.0120 e. The van der Waals surface area contributed by atoms with E-state index in [9.17, 15) is 0 Å². The maximum Gasteiger partial charge on any atom is -0.0120 e. The standard InChI is InChI=1S/C10H19Br/c1-5-10(8(2)3)7-6-9(4)11/h6,8,10H,5,7H2,1-4H3/b9-6+/t10-/m0/s1. The summed E-state index contributed by atoms with van der Waals surface area (Å²) in [5, 5.41) is 0. The fourth-order valence-corrected chi connectivity index (χ4v) is 1.41. The molecule has 11 heavy (non-hydrogen) atoms. The van der Waals surface area contributed by atoms with Gasteiger partial charge < -0.3 is 0 Å². The Morgan fingerprint density at radius 2 is 2.00 bits per heavy atom. The number of hydrogen-bond acceptors (Lipinski definition) is 0. The lowest BCUT2D eigenvalue weighted by atomic mass is 9.90. The Morgan fingerprint density at radius 3 is 2.27 bits per heavy atom. The molecule has 0 aromatic heterocycles. The summed E-state index contributed by atoms with van der Waals surface area (Å²) >= 11 is 3.44. The molecule has 66 valence electrons. The first-order chi connectivity index (χ1) is 5.07. The Balaban J connectivity index is 3.79. The van der Waals surface area contributed by atoms with Crippen LogP contribution in [-0.4, -0.2) is 0 Å². The van der Waals surface area contributed by atoms with Gasteiger partial charge in [0.1, 0.15) is 0 Å². The molecular formula is C10H19Br. The van der Waals surface area contributed by atoms with E-state index in [-0.39, 0.29) is 0 Å². The predicted octanol–water partition coefficient (Wildman–Crippen LogP) is 4.36.